The predicted molar refractivity (Wildman–Crippen MR) is 73.8 cm³/mol. The highest BCUT2D eigenvalue weighted by Gasteiger charge is 2.14. The number of carbonyl (C=O) groups is 1. The van der Waals surface area contributed by atoms with Gasteiger partial charge in [-0.05, 0) is 26.3 Å². The third-order valence-electron chi connectivity index (χ3n) is 2.99. The summed E-state index contributed by atoms with van der Waals surface area (Å²) < 4.78 is 0. The second-order valence-electron chi connectivity index (χ2n) is 4.52. The van der Waals surface area contributed by atoms with E-state index in [0.717, 1.165) is 5.56 Å². The molecular formula is C15H17N3O. The fourth-order valence-electron chi connectivity index (χ4n) is 1.91. The maximum atomic E-state index is 12.2. The van der Waals surface area contributed by atoms with Crippen molar-refractivity contribution in [3.8, 4) is 0 Å². The minimum absolute atomic E-state index is 0.0468. The van der Waals surface area contributed by atoms with Gasteiger partial charge < -0.3 is 5.32 Å². The number of aryl methyl sites for hydroxylation is 2. The monoisotopic (exact) mass is 255 g/mol. The van der Waals surface area contributed by atoms with Crippen molar-refractivity contribution in [3.63, 3.8) is 0 Å². The minimum Gasteiger partial charge on any atom is -0.345 e. The number of rotatable bonds is 3. The van der Waals surface area contributed by atoms with Gasteiger partial charge in [-0.15, -0.1) is 0 Å². The average molecular weight is 255 g/mol. The largest absolute Gasteiger partial charge is 0.345 e. The maximum Gasteiger partial charge on any atom is 0.255 e. The lowest BCUT2D eigenvalue weighted by atomic mass is 10.1. The number of hydrogen-bond acceptors (Lipinski definition) is 3. The van der Waals surface area contributed by atoms with Crippen LogP contribution in [0.1, 0.15) is 40.4 Å². The van der Waals surface area contributed by atoms with Crippen LogP contribution in [-0.2, 0) is 0 Å². The lowest BCUT2D eigenvalue weighted by Crippen LogP contribution is -2.27. The molecule has 98 valence electrons. The Balaban J connectivity index is 2.13. The summed E-state index contributed by atoms with van der Waals surface area (Å²) in [6, 6.07) is 9.80. The van der Waals surface area contributed by atoms with Crippen LogP contribution in [0.15, 0.2) is 36.5 Å². The van der Waals surface area contributed by atoms with Crippen LogP contribution in [-0.4, -0.2) is 15.9 Å². The topological polar surface area (TPSA) is 54.9 Å². The summed E-state index contributed by atoms with van der Waals surface area (Å²) in [6.45, 7) is 5.58. The summed E-state index contributed by atoms with van der Waals surface area (Å²) >= 11 is 0. The van der Waals surface area contributed by atoms with Crippen molar-refractivity contribution < 1.29 is 4.79 Å². The molecule has 1 amide bonds. The second kappa shape index (κ2) is 5.61. The molecule has 1 aromatic carbocycles. The van der Waals surface area contributed by atoms with Crippen molar-refractivity contribution in [2.24, 2.45) is 0 Å². The fraction of sp³-hybridized carbons (Fsp3) is 0.267. The van der Waals surface area contributed by atoms with Crippen LogP contribution in [0.5, 0.6) is 0 Å². The molecule has 1 N–H and O–H groups in total. The van der Waals surface area contributed by atoms with Gasteiger partial charge in [0.1, 0.15) is 5.82 Å². The van der Waals surface area contributed by atoms with E-state index in [-0.39, 0.29) is 11.9 Å². The molecule has 4 nitrogen and oxygen atoms in total. The average Bonchev–Trinajstić information content (AvgIpc) is 2.39. The van der Waals surface area contributed by atoms with Crippen molar-refractivity contribution in [2.45, 2.75) is 26.8 Å². The van der Waals surface area contributed by atoms with Gasteiger partial charge in [-0.2, -0.15) is 0 Å². The van der Waals surface area contributed by atoms with Crippen LogP contribution < -0.4 is 5.32 Å². The van der Waals surface area contributed by atoms with E-state index in [0.29, 0.717) is 17.1 Å². The van der Waals surface area contributed by atoms with Crippen molar-refractivity contribution in [1.29, 1.82) is 0 Å². The first-order valence-corrected chi connectivity index (χ1v) is 6.24. The predicted octanol–water partition coefficient (Wildman–Crippen LogP) is 2.58. The summed E-state index contributed by atoms with van der Waals surface area (Å²) in [5, 5.41) is 2.95. The molecule has 19 heavy (non-hydrogen) atoms. The van der Waals surface area contributed by atoms with E-state index in [1.54, 1.807) is 13.1 Å². The molecule has 0 bridgehead atoms. The Morgan fingerprint density at radius 1 is 1.21 bits per heavy atom. The number of aromatic nitrogens is 2. The summed E-state index contributed by atoms with van der Waals surface area (Å²) in [4.78, 5) is 20.4. The van der Waals surface area contributed by atoms with Crippen LogP contribution in [0.2, 0.25) is 0 Å². The summed E-state index contributed by atoms with van der Waals surface area (Å²) in [7, 11) is 0. The Labute approximate surface area is 112 Å². The Morgan fingerprint density at radius 3 is 2.53 bits per heavy atom. The number of nitrogens with zero attached hydrogens (tertiary/aromatic N) is 2. The van der Waals surface area contributed by atoms with Crippen LogP contribution in [0.25, 0.3) is 0 Å². The van der Waals surface area contributed by atoms with E-state index < -0.39 is 0 Å². The summed E-state index contributed by atoms with van der Waals surface area (Å²) in [6.07, 6.45) is 1.57. The quantitative estimate of drug-likeness (QED) is 0.917. The Hall–Kier alpha value is -2.23. The van der Waals surface area contributed by atoms with Gasteiger partial charge >= 0.3 is 0 Å². The van der Waals surface area contributed by atoms with Gasteiger partial charge in [0, 0.05) is 6.20 Å². The van der Waals surface area contributed by atoms with E-state index in [9.17, 15) is 4.79 Å². The molecule has 0 saturated heterocycles. The van der Waals surface area contributed by atoms with Crippen LogP contribution in [0.4, 0.5) is 0 Å². The van der Waals surface area contributed by atoms with Crippen LogP contribution >= 0.6 is 0 Å². The molecule has 0 aliphatic heterocycles. The van der Waals surface area contributed by atoms with Crippen LogP contribution in [0.3, 0.4) is 0 Å². The number of amides is 1. The molecule has 2 rings (SSSR count). The number of carbonyl (C=O) groups excluding carboxylic acids is 1. The Kier molecular flexibility index (Phi) is 3.90. The fourth-order valence-corrected chi connectivity index (χ4v) is 1.91. The van der Waals surface area contributed by atoms with Gasteiger partial charge in [-0.1, -0.05) is 30.3 Å². The van der Waals surface area contributed by atoms with E-state index >= 15 is 0 Å². The molecule has 0 aliphatic rings. The lowest BCUT2D eigenvalue weighted by molar-refractivity contribution is 0.0938. The smallest absolute Gasteiger partial charge is 0.255 e. The molecule has 1 aromatic heterocycles. The molecule has 2 aromatic rings. The van der Waals surface area contributed by atoms with Gasteiger partial charge in [0.25, 0.3) is 5.91 Å². The second-order valence-corrected chi connectivity index (χ2v) is 4.52. The Morgan fingerprint density at radius 2 is 1.89 bits per heavy atom. The highest BCUT2D eigenvalue weighted by atomic mass is 16.1. The van der Waals surface area contributed by atoms with Gasteiger partial charge in [0.15, 0.2) is 0 Å². The van der Waals surface area contributed by atoms with Crippen molar-refractivity contribution >= 4 is 5.91 Å². The molecule has 0 saturated carbocycles. The van der Waals surface area contributed by atoms with Crippen molar-refractivity contribution in [1.82, 2.24) is 15.3 Å². The third kappa shape index (κ3) is 3.16. The van der Waals surface area contributed by atoms with Crippen molar-refractivity contribution in [3.05, 3.63) is 59.2 Å². The molecular weight excluding hydrogens is 238 g/mol. The van der Waals surface area contributed by atoms with E-state index in [1.807, 2.05) is 44.2 Å². The van der Waals surface area contributed by atoms with E-state index in [2.05, 4.69) is 15.3 Å². The zero-order chi connectivity index (χ0) is 13.8. The zero-order valence-electron chi connectivity index (χ0n) is 11.3. The lowest BCUT2D eigenvalue weighted by Gasteiger charge is -2.14. The molecule has 1 atom stereocenters. The van der Waals surface area contributed by atoms with Gasteiger partial charge in [-0.3, -0.25) is 4.79 Å². The first-order chi connectivity index (χ1) is 9.08. The highest BCUT2D eigenvalue weighted by Crippen LogP contribution is 2.13. The molecule has 1 heterocycles. The molecule has 0 radical (unpaired) electrons. The zero-order valence-corrected chi connectivity index (χ0v) is 11.3. The minimum atomic E-state index is -0.145. The highest BCUT2D eigenvalue weighted by molar-refractivity contribution is 5.95. The molecule has 0 fully saturated rings. The normalized spacial score (nSPS) is 11.9. The van der Waals surface area contributed by atoms with Crippen molar-refractivity contribution in [2.75, 3.05) is 0 Å². The van der Waals surface area contributed by atoms with Gasteiger partial charge in [-0.25, -0.2) is 9.97 Å². The molecule has 0 spiro atoms. The first-order valence-electron chi connectivity index (χ1n) is 6.24. The van der Waals surface area contributed by atoms with E-state index in [4.69, 9.17) is 0 Å². The molecule has 0 unspecified atom stereocenters. The summed E-state index contributed by atoms with van der Waals surface area (Å²) in [5.74, 6) is 0.527. The standard InChI is InChI=1S/C15H17N3O/c1-10(13-7-5-4-6-8-13)18-15(19)14-9-16-12(3)17-11(14)2/h4-10H,1-3H3,(H,18,19)/t10-/m0/s1. The number of benzene rings is 1. The van der Waals surface area contributed by atoms with Gasteiger partial charge in [0.05, 0.1) is 17.3 Å². The number of hydrogen-bond donors (Lipinski definition) is 1. The molecule has 0 aliphatic carbocycles. The van der Waals surface area contributed by atoms with E-state index in [1.165, 1.54) is 0 Å². The maximum absolute atomic E-state index is 12.2. The van der Waals surface area contributed by atoms with Crippen LogP contribution in [0, 0.1) is 13.8 Å². The Bertz CT molecular complexity index is 581. The van der Waals surface area contributed by atoms with Gasteiger partial charge in [0.2, 0.25) is 0 Å². The third-order valence-corrected chi connectivity index (χ3v) is 2.99. The molecule has 4 heteroatoms. The number of nitrogens with one attached hydrogen (secondary N) is 1. The SMILES string of the molecule is Cc1ncc(C(=O)N[C@@H](C)c2ccccc2)c(C)n1. The summed E-state index contributed by atoms with van der Waals surface area (Å²) in [5.41, 5.74) is 2.29. The first kappa shape index (κ1) is 13.2.